The van der Waals surface area contributed by atoms with E-state index in [4.69, 9.17) is 4.42 Å². The molecular weight excluding hydrogens is 382 g/mol. The van der Waals surface area contributed by atoms with E-state index in [2.05, 4.69) is 35.3 Å². The Labute approximate surface area is 174 Å². The van der Waals surface area contributed by atoms with Gasteiger partial charge < -0.3 is 14.6 Å². The van der Waals surface area contributed by atoms with Gasteiger partial charge in [-0.1, -0.05) is 12.1 Å². The molecule has 0 saturated carbocycles. The highest BCUT2D eigenvalue weighted by atomic mass is 16.4. The van der Waals surface area contributed by atoms with Crippen LogP contribution in [0.1, 0.15) is 31.5 Å². The number of hydrogen-bond donors (Lipinski definition) is 2. The maximum atomic E-state index is 12.6. The molecule has 0 radical (unpaired) electrons. The number of H-pyrrole nitrogens is 1. The summed E-state index contributed by atoms with van der Waals surface area (Å²) >= 11 is 0. The number of piperidine rings is 2. The number of anilines is 1. The number of nitrogens with zero attached hydrogens (tertiary/aromatic N) is 5. The number of carbonyl (C=O) groups excluding carboxylic acids is 1. The van der Waals surface area contributed by atoms with Crippen LogP contribution in [0.3, 0.4) is 0 Å². The Morgan fingerprint density at radius 3 is 2.87 bits per heavy atom. The van der Waals surface area contributed by atoms with E-state index in [9.17, 15) is 4.79 Å². The van der Waals surface area contributed by atoms with Crippen molar-refractivity contribution >= 4 is 23.0 Å². The van der Waals surface area contributed by atoms with E-state index in [1.807, 2.05) is 24.3 Å². The van der Waals surface area contributed by atoms with E-state index in [-0.39, 0.29) is 11.8 Å². The van der Waals surface area contributed by atoms with Crippen LogP contribution in [0.5, 0.6) is 0 Å². The molecule has 1 aromatic carbocycles. The third kappa shape index (κ3) is 4.02. The van der Waals surface area contributed by atoms with Crippen molar-refractivity contribution in [3.8, 4) is 0 Å². The van der Waals surface area contributed by atoms with Crippen LogP contribution >= 0.6 is 0 Å². The van der Waals surface area contributed by atoms with Crippen molar-refractivity contribution in [1.29, 1.82) is 0 Å². The summed E-state index contributed by atoms with van der Waals surface area (Å²) < 4.78 is 5.93. The van der Waals surface area contributed by atoms with Crippen LogP contribution in [0.2, 0.25) is 0 Å². The lowest BCUT2D eigenvalue weighted by atomic mass is 9.93. The molecule has 3 aromatic rings. The van der Waals surface area contributed by atoms with Gasteiger partial charge >= 0.3 is 0 Å². The topological polar surface area (TPSA) is 103 Å². The lowest BCUT2D eigenvalue weighted by Crippen LogP contribution is -2.50. The number of carbonyl (C=O) groups is 1. The Morgan fingerprint density at radius 2 is 2.07 bits per heavy atom. The first kappa shape index (κ1) is 19.0. The van der Waals surface area contributed by atoms with Gasteiger partial charge in [-0.25, -0.2) is 4.98 Å². The molecule has 1 amide bonds. The summed E-state index contributed by atoms with van der Waals surface area (Å²) in [5.41, 5.74) is 1.75. The second-order valence-electron chi connectivity index (χ2n) is 8.17. The van der Waals surface area contributed by atoms with Crippen molar-refractivity contribution in [2.45, 2.75) is 38.3 Å². The van der Waals surface area contributed by atoms with Gasteiger partial charge in [0.25, 0.3) is 6.01 Å². The molecule has 2 aliphatic heterocycles. The molecule has 4 heterocycles. The number of hydrogen-bond acceptors (Lipinski definition) is 7. The second kappa shape index (κ2) is 8.43. The fourth-order valence-electron chi connectivity index (χ4n) is 4.60. The van der Waals surface area contributed by atoms with Crippen LogP contribution in [0.15, 0.2) is 35.0 Å². The second-order valence-corrected chi connectivity index (χ2v) is 8.17. The Hall–Kier alpha value is -2.94. The zero-order valence-corrected chi connectivity index (χ0v) is 17.0. The smallest absolute Gasteiger partial charge is 0.298 e. The predicted molar refractivity (Wildman–Crippen MR) is 112 cm³/mol. The van der Waals surface area contributed by atoms with Gasteiger partial charge in [-0.3, -0.25) is 14.8 Å². The summed E-state index contributed by atoms with van der Waals surface area (Å²) in [7, 11) is 0. The number of aromatic nitrogens is 4. The van der Waals surface area contributed by atoms with Gasteiger partial charge in [0.05, 0.1) is 12.5 Å². The summed E-state index contributed by atoms with van der Waals surface area (Å²) in [4.78, 5) is 26.0. The van der Waals surface area contributed by atoms with Crippen molar-refractivity contribution < 1.29 is 9.21 Å². The molecule has 30 heavy (non-hydrogen) atoms. The van der Waals surface area contributed by atoms with Crippen molar-refractivity contribution in [3.63, 3.8) is 0 Å². The average Bonchev–Trinajstić information content (AvgIpc) is 3.47. The summed E-state index contributed by atoms with van der Waals surface area (Å²) in [5, 5.41) is 9.58. The minimum atomic E-state index is 0.0386. The Bertz CT molecular complexity index is 945. The largest absolute Gasteiger partial charge is 0.423 e. The summed E-state index contributed by atoms with van der Waals surface area (Å²) in [6, 6.07) is 9.12. The molecule has 2 N–H and O–H groups in total. The van der Waals surface area contributed by atoms with E-state index in [1.54, 1.807) is 0 Å². The summed E-state index contributed by atoms with van der Waals surface area (Å²) in [6.45, 7) is 4.15. The molecule has 2 aromatic heterocycles. The summed E-state index contributed by atoms with van der Waals surface area (Å²) in [6.07, 6.45) is 5.58. The molecule has 0 aliphatic carbocycles. The minimum absolute atomic E-state index is 0.0386. The number of benzene rings is 1. The highest BCUT2D eigenvalue weighted by Crippen LogP contribution is 2.28. The lowest BCUT2D eigenvalue weighted by molar-refractivity contribution is -0.127. The number of rotatable bonds is 5. The maximum Gasteiger partial charge on any atom is 0.298 e. The van der Waals surface area contributed by atoms with Gasteiger partial charge in [-0.05, 0) is 44.4 Å². The highest BCUT2D eigenvalue weighted by molar-refractivity contribution is 5.78. The van der Waals surface area contributed by atoms with E-state index in [0.717, 1.165) is 69.0 Å². The van der Waals surface area contributed by atoms with Crippen LogP contribution in [-0.4, -0.2) is 63.2 Å². The highest BCUT2D eigenvalue weighted by Gasteiger charge is 2.32. The summed E-state index contributed by atoms with van der Waals surface area (Å²) in [5.74, 6) is 0.833. The number of para-hydroxylation sites is 2. The van der Waals surface area contributed by atoms with Gasteiger partial charge in [0.2, 0.25) is 5.91 Å². The molecule has 5 rings (SSSR count). The third-order valence-corrected chi connectivity index (χ3v) is 6.25. The Morgan fingerprint density at radius 1 is 1.20 bits per heavy atom. The minimum Gasteiger partial charge on any atom is -0.423 e. The van der Waals surface area contributed by atoms with Gasteiger partial charge in [0.15, 0.2) is 5.58 Å². The molecule has 0 bridgehead atoms. The van der Waals surface area contributed by atoms with Crippen LogP contribution < -0.4 is 10.2 Å². The molecule has 1 atom stereocenters. The van der Waals surface area contributed by atoms with Crippen molar-refractivity contribution in [3.05, 3.63) is 36.4 Å². The predicted octanol–water partition coefficient (Wildman–Crippen LogP) is 1.94. The molecule has 9 heteroatoms. The molecule has 9 nitrogen and oxygen atoms in total. The number of aromatic amines is 1. The number of amides is 1. The van der Waals surface area contributed by atoms with Crippen LogP contribution in [0, 0.1) is 5.92 Å². The van der Waals surface area contributed by atoms with Gasteiger partial charge in [0, 0.05) is 25.7 Å². The average molecular weight is 409 g/mol. The maximum absolute atomic E-state index is 12.6. The number of nitrogens with one attached hydrogen (secondary N) is 2. The molecule has 0 spiro atoms. The molecule has 2 aliphatic rings. The molecule has 2 fully saturated rings. The number of likely N-dealkylation sites (tertiary alicyclic amines) is 1. The van der Waals surface area contributed by atoms with Crippen LogP contribution in [-0.2, 0) is 11.3 Å². The van der Waals surface area contributed by atoms with Crippen LogP contribution in [0.25, 0.3) is 11.1 Å². The van der Waals surface area contributed by atoms with Gasteiger partial charge in [-0.15, -0.1) is 0 Å². The van der Waals surface area contributed by atoms with Gasteiger partial charge in [-0.2, -0.15) is 10.1 Å². The molecule has 2 saturated heterocycles. The number of oxazole rings is 1. The fourth-order valence-corrected chi connectivity index (χ4v) is 4.60. The molecule has 1 unspecified atom stereocenters. The van der Waals surface area contributed by atoms with Crippen molar-refractivity contribution in [2.75, 3.05) is 31.1 Å². The Balaban J connectivity index is 1.14. The lowest BCUT2D eigenvalue weighted by Gasteiger charge is -2.41. The quantitative estimate of drug-likeness (QED) is 0.664. The van der Waals surface area contributed by atoms with Crippen molar-refractivity contribution in [2.24, 2.45) is 5.92 Å². The normalized spacial score (nSPS) is 21.2. The van der Waals surface area contributed by atoms with Crippen LogP contribution in [0.4, 0.5) is 6.01 Å². The zero-order chi connectivity index (χ0) is 20.3. The van der Waals surface area contributed by atoms with Crippen molar-refractivity contribution in [1.82, 2.24) is 30.4 Å². The zero-order valence-electron chi connectivity index (χ0n) is 17.0. The first-order chi connectivity index (χ1) is 14.8. The van der Waals surface area contributed by atoms with E-state index < -0.39 is 0 Å². The first-order valence-corrected chi connectivity index (χ1v) is 10.7. The van der Waals surface area contributed by atoms with E-state index in [1.165, 1.54) is 6.33 Å². The number of fused-ring (bicyclic) bond motifs is 1. The molecular formula is C21H27N7O2. The van der Waals surface area contributed by atoms with E-state index >= 15 is 0 Å². The monoisotopic (exact) mass is 409 g/mol. The Kier molecular flexibility index (Phi) is 5.35. The first-order valence-electron chi connectivity index (χ1n) is 10.7. The SMILES string of the molecule is O=C(NCc1ncn[nH]1)C1CCCN(C2CCN(c3nc4ccccc4o3)CC2)C1. The van der Waals surface area contributed by atoms with E-state index in [0.29, 0.717) is 18.4 Å². The molecule has 158 valence electrons. The standard InChI is InChI=1S/C21H27N7O2/c29-20(22-12-19-23-14-24-26-19)15-4-3-9-28(13-15)16-7-10-27(11-8-16)21-25-17-5-1-2-6-18(17)30-21/h1-2,5-6,14-16H,3-4,7-13H2,(H,22,29)(H,23,24,26). The third-order valence-electron chi connectivity index (χ3n) is 6.25. The van der Waals surface area contributed by atoms with Gasteiger partial charge in [0.1, 0.15) is 17.7 Å². The fraction of sp³-hybridized carbons (Fsp3) is 0.524.